The normalized spacial score (nSPS) is 22.8. The predicted molar refractivity (Wildman–Crippen MR) is 104 cm³/mol. The van der Waals surface area contributed by atoms with Crippen molar-refractivity contribution in [2.24, 2.45) is 0 Å². The van der Waals surface area contributed by atoms with Gasteiger partial charge in [-0.05, 0) is 48.2 Å². The van der Waals surface area contributed by atoms with E-state index in [-0.39, 0.29) is 12.2 Å². The molecule has 0 saturated carbocycles. The van der Waals surface area contributed by atoms with E-state index in [0.717, 1.165) is 22.4 Å². The van der Waals surface area contributed by atoms with Crippen molar-refractivity contribution in [2.75, 3.05) is 6.61 Å². The highest BCUT2D eigenvalue weighted by molar-refractivity contribution is 6.31. The van der Waals surface area contributed by atoms with Crippen LogP contribution in [-0.4, -0.2) is 30.1 Å². The minimum atomic E-state index is -0.453. The maximum Gasteiger partial charge on any atom is 0.119 e. The van der Waals surface area contributed by atoms with Gasteiger partial charge in [-0.25, -0.2) is 0 Å². The Kier molecular flexibility index (Phi) is 6.30. The lowest BCUT2D eigenvalue weighted by Gasteiger charge is -2.31. The minimum absolute atomic E-state index is 0.221. The van der Waals surface area contributed by atoms with Gasteiger partial charge in [-0.15, -0.1) is 0 Å². The maximum absolute atomic E-state index is 10.0. The monoisotopic (exact) mass is 373 g/mol. The van der Waals surface area contributed by atoms with Gasteiger partial charge in [-0.1, -0.05) is 35.9 Å². The molecule has 1 aliphatic rings. The largest absolute Gasteiger partial charge is 0.494 e. The zero-order valence-electron chi connectivity index (χ0n) is 14.8. The molecule has 1 fully saturated rings. The molecule has 4 nitrogen and oxygen atoms in total. The van der Waals surface area contributed by atoms with Crippen molar-refractivity contribution in [1.82, 2.24) is 0 Å². The lowest BCUT2D eigenvalue weighted by molar-refractivity contribution is -0.0682. The standard InChI is InChI=1S/C21H24ClNO3/c1-2-25-18-6-3-14(4-7-18)9-16-10-15(5-8-20(16)22)21-12-17(24)11-19(13-23)26-21/h3-8,10,13,17,19,21,23-24H,2,9,11-12H2,1H3/t17-,19-,21+/m0/s1. The van der Waals surface area contributed by atoms with Gasteiger partial charge in [0.05, 0.1) is 24.9 Å². The van der Waals surface area contributed by atoms with E-state index in [2.05, 4.69) is 0 Å². The van der Waals surface area contributed by atoms with Gasteiger partial charge < -0.3 is 20.0 Å². The molecular weight excluding hydrogens is 350 g/mol. The number of rotatable bonds is 6. The summed E-state index contributed by atoms with van der Waals surface area (Å²) in [7, 11) is 0. The SMILES string of the molecule is CCOc1ccc(Cc2cc([C@H]3C[C@@H](O)C[C@@H](C=N)O3)ccc2Cl)cc1. The van der Waals surface area contributed by atoms with E-state index in [1.807, 2.05) is 49.4 Å². The molecule has 3 rings (SSSR count). The molecule has 3 atom stereocenters. The Morgan fingerprint density at radius 1 is 1.23 bits per heavy atom. The van der Waals surface area contributed by atoms with Gasteiger partial charge in [0, 0.05) is 24.1 Å². The van der Waals surface area contributed by atoms with E-state index >= 15 is 0 Å². The van der Waals surface area contributed by atoms with E-state index in [0.29, 0.717) is 30.9 Å². The second-order valence-electron chi connectivity index (χ2n) is 6.56. The van der Waals surface area contributed by atoms with Crippen molar-refractivity contribution in [3.63, 3.8) is 0 Å². The molecule has 0 aliphatic carbocycles. The summed E-state index contributed by atoms with van der Waals surface area (Å²) in [6, 6.07) is 13.9. The number of aliphatic hydroxyl groups excluding tert-OH is 1. The first-order valence-corrected chi connectivity index (χ1v) is 9.31. The Morgan fingerprint density at radius 3 is 2.69 bits per heavy atom. The van der Waals surface area contributed by atoms with Gasteiger partial charge in [-0.2, -0.15) is 0 Å². The summed E-state index contributed by atoms with van der Waals surface area (Å²) >= 11 is 6.40. The smallest absolute Gasteiger partial charge is 0.119 e. The first kappa shape index (κ1) is 18.9. The summed E-state index contributed by atoms with van der Waals surface area (Å²) in [4.78, 5) is 0. The van der Waals surface area contributed by atoms with Crippen LogP contribution in [0.2, 0.25) is 5.02 Å². The fourth-order valence-corrected chi connectivity index (χ4v) is 3.46. The Morgan fingerprint density at radius 2 is 2.00 bits per heavy atom. The van der Waals surface area contributed by atoms with Crippen molar-refractivity contribution in [2.45, 2.75) is 44.5 Å². The molecule has 1 heterocycles. The van der Waals surface area contributed by atoms with Gasteiger partial charge in [0.2, 0.25) is 0 Å². The third-order valence-corrected chi connectivity index (χ3v) is 4.95. The highest BCUT2D eigenvalue weighted by atomic mass is 35.5. The van der Waals surface area contributed by atoms with Crippen LogP contribution in [-0.2, 0) is 11.2 Å². The highest BCUT2D eigenvalue weighted by Gasteiger charge is 2.28. The lowest BCUT2D eigenvalue weighted by Crippen LogP contribution is -2.32. The Hall–Kier alpha value is -1.88. The van der Waals surface area contributed by atoms with Crippen LogP contribution in [0.1, 0.15) is 42.6 Å². The fraction of sp³-hybridized carbons (Fsp3) is 0.381. The summed E-state index contributed by atoms with van der Waals surface area (Å²) in [6.07, 6.45) is 1.97. The lowest BCUT2D eigenvalue weighted by atomic mass is 9.94. The van der Waals surface area contributed by atoms with Crippen LogP contribution in [0.25, 0.3) is 0 Å². The zero-order chi connectivity index (χ0) is 18.5. The van der Waals surface area contributed by atoms with Crippen LogP contribution in [0, 0.1) is 5.41 Å². The number of aliphatic hydroxyl groups is 1. The molecule has 2 N–H and O–H groups in total. The first-order valence-electron chi connectivity index (χ1n) is 8.93. The third-order valence-electron chi connectivity index (χ3n) is 4.59. The quantitative estimate of drug-likeness (QED) is 0.729. The van der Waals surface area contributed by atoms with Gasteiger partial charge in [0.25, 0.3) is 0 Å². The van der Waals surface area contributed by atoms with Crippen LogP contribution in [0.15, 0.2) is 42.5 Å². The molecule has 1 saturated heterocycles. The van der Waals surface area contributed by atoms with Gasteiger partial charge in [-0.3, -0.25) is 0 Å². The van der Waals surface area contributed by atoms with Crippen LogP contribution in [0.4, 0.5) is 0 Å². The molecule has 0 spiro atoms. The van der Waals surface area contributed by atoms with E-state index in [9.17, 15) is 5.11 Å². The van der Waals surface area contributed by atoms with Gasteiger partial charge >= 0.3 is 0 Å². The summed E-state index contributed by atoms with van der Waals surface area (Å²) in [5.41, 5.74) is 3.15. The van der Waals surface area contributed by atoms with E-state index in [4.69, 9.17) is 26.5 Å². The van der Waals surface area contributed by atoms with E-state index in [1.54, 1.807) is 0 Å². The van der Waals surface area contributed by atoms with Crippen molar-refractivity contribution in [3.8, 4) is 5.75 Å². The number of hydrogen-bond donors (Lipinski definition) is 2. The van der Waals surface area contributed by atoms with Crippen molar-refractivity contribution in [1.29, 1.82) is 5.41 Å². The molecule has 0 unspecified atom stereocenters. The van der Waals surface area contributed by atoms with Gasteiger partial charge in [0.15, 0.2) is 0 Å². The maximum atomic E-state index is 10.0. The number of hydrogen-bond acceptors (Lipinski definition) is 4. The Labute approximate surface area is 159 Å². The summed E-state index contributed by atoms with van der Waals surface area (Å²) in [5, 5.41) is 18.2. The molecule has 0 radical (unpaired) electrons. The number of benzene rings is 2. The van der Waals surface area contributed by atoms with Gasteiger partial charge in [0.1, 0.15) is 5.75 Å². The third kappa shape index (κ3) is 4.64. The predicted octanol–water partition coefficient (Wildman–Crippen LogP) is 4.56. The van der Waals surface area contributed by atoms with Crippen molar-refractivity contribution >= 4 is 17.8 Å². The van der Waals surface area contributed by atoms with Crippen molar-refractivity contribution < 1.29 is 14.6 Å². The average Bonchev–Trinajstić information content (AvgIpc) is 2.64. The minimum Gasteiger partial charge on any atom is -0.494 e. The van der Waals surface area contributed by atoms with Crippen molar-refractivity contribution in [3.05, 3.63) is 64.2 Å². The number of nitrogens with one attached hydrogen (secondary N) is 1. The summed E-state index contributed by atoms with van der Waals surface area (Å²) in [5.74, 6) is 0.860. The van der Waals surface area contributed by atoms with E-state index in [1.165, 1.54) is 6.21 Å². The highest BCUT2D eigenvalue weighted by Crippen LogP contribution is 2.33. The fourth-order valence-electron chi connectivity index (χ4n) is 3.28. The molecule has 5 heteroatoms. The number of halogens is 1. The van der Waals surface area contributed by atoms with Crippen LogP contribution in [0.5, 0.6) is 5.75 Å². The van der Waals surface area contributed by atoms with Crippen LogP contribution in [0.3, 0.4) is 0 Å². The molecule has 0 bridgehead atoms. The second-order valence-corrected chi connectivity index (χ2v) is 6.97. The van der Waals surface area contributed by atoms with E-state index < -0.39 is 6.10 Å². The molecular formula is C21H24ClNO3. The average molecular weight is 374 g/mol. The summed E-state index contributed by atoms with van der Waals surface area (Å²) < 4.78 is 11.4. The van der Waals surface area contributed by atoms with Crippen LogP contribution >= 0.6 is 11.6 Å². The molecule has 26 heavy (non-hydrogen) atoms. The number of ether oxygens (including phenoxy) is 2. The Balaban J connectivity index is 1.78. The Bertz CT molecular complexity index is 747. The molecule has 2 aromatic carbocycles. The summed E-state index contributed by atoms with van der Waals surface area (Å²) in [6.45, 7) is 2.61. The molecule has 0 aromatic heterocycles. The molecule has 2 aromatic rings. The topological polar surface area (TPSA) is 62.5 Å². The zero-order valence-corrected chi connectivity index (χ0v) is 15.6. The second kappa shape index (κ2) is 8.67. The molecule has 0 amide bonds. The molecule has 1 aliphatic heterocycles. The van der Waals surface area contributed by atoms with Crippen LogP contribution < -0.4 is 4.74 Å². The first-order chi connectivity index (χ1) is 12.6. The molecule has 138 valence electrons.